The van der Waals surface area contributed by atoms with Crippen LogP contribution in [0.2, 0.25) is 5.02 Å². The third-order valence-electron chi connectivity index (χ3n) is 4.27. The van der Waals surface area contributed by atoms with Crippen LogP contribution in [0, 0.1) is 13.8 Å². The molecule has 1 N–H and O–H groups in total. The third-order valence-corrected chi connectivity index (χ3v) is 6.70. The van der Waals surface area contributed by atoms with Crippen molar-refractivity contribution in [3.63, 3.8) is 0 Å². The van der Waals surface area contributed by atoms with Crippen LogP contribution in [0.1, 0.15) is 31.9 Å². The minimum absolute atomic E-state index is 0.110. The smallest absolute Gasteiger partial charge is 0.257 e. The number of anilines is 1. The zero-order valence-corrected chi connectivity index (χ0v) is 18.0. The van der Waals surface area contributed by atoms with Crippen molar-refractivity contribution >= 4 is 43.8 Å². The second-order valence-corrected chi connectivity index (χ2v) is 10.1. The second-order valence-electron chi connectivity index (χ2n) is 6.60. The van der Waals surface area contributed by atoms with E-state index >= 15 is 0 Å². The molecule has 28 heavy (non-hydrogen) atoms. The number of nitrogens with zero attached hydrogens (tertiary/aromatic N) is 1. The molecule has 0 saturated carbocycles. The number of amides is 1. The molecular formula is C20H19ClN2O3S2. The molecule has 1 amide bonds. The number of carbonyl (C=O) groups excluding carboxylic acids is 1. The minimum Gasteiger partial charge on any atom is -0.298 e. The van der Waals surface area contributed by atoms with Gasteiger partial charge in [0.2, 0.25) is 0 Å². The first-order valence-electron chi connectivity index (χ1n) is 8.45. The lowest BCUT2D eigenvalue weighted by molar-refractivity contribution is 0.102. The fourth-order valence-electron chi connectivity index (χ4n) is 2.64. The number of aromatic nitrogens is 1. The average Bonchev–Trinajstić information content (AvgIpc) is 3.04. The van der Waals surface area contributed by atoms with E-state index in [1.807, 2.05) is 25.1 Å². The maximum Gasteiger partial charge on any atom is 0.257 e. The number of hydrogen-bond acceptors (Lipinski definition) is 5. The molecule has 0 radical (unpaired) electrons. The van der Waals surface area contributed by atoms with Gasteiger partial charge in [0.1, 0.15) is 0 Å². The highest BCUT2D eigenvalue weighted by atomic mass is 35.5. The van der Waals surface area contributed by atoms with Gasteiger partial charge in [-0.25, -0.2) is 13.4 Å². The quantitative estimate of drug-likeness (QED) is 0.633. The molecule has 0 fully saturated rings. The van der Waals surface area contributed by atoms with Crippen LogP contribution in [-0.4, -0.2) is 25.6 Å². The number of nitrogens with one attached hydrogen (secondary N) is 1. The molecule has 1 aromatic heterocycles. The maximum absolute atomic E-state index is 12.6. The molecule has 0 spiro atoms. The van der Waals surface area contributed by atoms with Gasteiger partial charge in [0.25, 0.3) is 5.91 Å². The van der Waals surface area contributed by atoms with Gasteiger partial charge in [0.15, 0.2) is 15.0 Å². The number of sulfone groups is 1. The minimum atomic E-state index is -3.39. The van der Waals surface area contributed by atoms with Crippen molar-refractivity contribution in [2.75, 3.05) is 11.6 Å². The number of thiazole rings is 1. The predicted octanol–water partition coefficient (Wildman–Crippen LogP) is 4.66. The Bertz CT molecular complexity index is 1150. The summed E-state index contributed by atoms with van der Waals surface area (Å²) in [6, 6.07) is 10.4. The van der Waals surface area contributed by atoms with E-state index in [0.29, 0.717) is 22.7 Å². The van der Waals surface area contributed by atoms with Crippen molar-refractivity contribution in [3.8, 4) is 0 Å². The molecule has 0 atom stereocenters. The van der Waals surface area contributed by atoms with Crippen molar-refractivity contribution in [2.45, 2.75) is 25.2 Å². The zero-order valence-electron chi connectivity index (χ0n) is 15.6. The van der Waals surface area contributed by atoms with Crippen molar-refractivity contribution in [1.82, 2.24) is 4.98 Å². The van der Waals surface area contributed by atoms with Gasteiger partial charge in [-0.1, -0.05) is 29.8 Å². The largest absolute Gasteiger partial charge is 0.298 e. The monoisotopic (exact) mass is 434 g/mol. The first kappa shape index (κ1) is 20.5. The Balaban J connectivity index is 1.76. The first-order valence-corrected chi connectivity index (χ1v) is 11.5. The molecular weight excluding hydrogens is 416 g/mol. The molecule has 3 aromatic rings. The fraction of sp³-hybridized carbons (Fsp3) is 0.200. The highest BCUT2D eigenvalue weighted by molar-refractivity contribution is 7.90. The summed E-state index contributed by atoms with van der Waals surface area (Å²) < 4.78 is 23.5. The van der Waals surface area contributed by atoms with Crippen LogP contribution in [0.4, 0.5) is 5.13 Å². The maximum atomic E-state index is 12.6. The summed E-state index contributed by atoms with van der Waals surface area (Å²) in [5, 5.41) is 3.93. The summed E-state index contributed by atoms with van der Waals surface area (Å²) in [5.74, 6) is -0.387. The van der Waals surface area contributed by atoms with E-state index in [4.69, 9.17) is 11.6 Å². The summed E-state index contributed by atoms with van der Waals surface area (Å²) in [4.78, 5) is 18.0. The Kier molecular flexibility index (Phi) is 5.88. The van der Waals surface area contributed by atoms with Crippen LogP contribution < -0.4 is 5.32 Å². The lowest BCUT2D eigenvalue weighted by atomic mass is 10.1. The SMILES string of the molecule is Cc1ccc(Cc2cnc(NC(=O)c3cc(S(C)(=O)=O)ccc3C)s2)cc1Cl. The Labute approximate surface area is 173 Å². The van der Waals surface area contributed by atoms with Crippen LogP contribution in [-0.2, 0) is 16.3 Å². The zero-order chi connectivity index (χ0) is 20.5. The molecule has 0 saturated heterocycles. The Hall–Kier alpha value is -2.22. The standard InChI is InChI=1S/C20H19ClN2O3S2/c1-12-5-7-16(28(3,25)26)10-17(12)19(24)23-20-22-11-15(27-20)8-14-6-4-13(2)18(21)9-14/h4-7,9-11H,8H2,1-3H3,(H,22,23,24). The van der Waals surface area contributed by atoms with Crippen molar-refractivity contribution in [3.05, 3.63) is 74.7 Å². The van der Waals surface area contributed by atoms with E-state index < -0.39 is 9.84 Å². The highest BCUT2D eigenvalue weighted by Gasteiger charge is 2.16. The van der Waals surface area contributed by atoms with E-state index in [9.17, 15) is 13.2 Å². The lowest BCUT2D eigenvalue weighted by Gasteiger charge is -2.07. The van der Waals surface area contributed by atoms with Crippen LogP contribution in [0.5, 0.6) is 0 Å². The van der Waals surface area contributed by atoms with Gasteiger partial charge in [0.05, 0.1) is 4.90 Å². The summed E-state index contributed by atoms with van der Waals surface area (Å²) in [6.45, 7) is 3.71. The number of hydrogen-bond donors (Lipinski definition) is 1. The molecule has 0 aliphatic heterocycles. The van der Waals surface area contributed by atoms with Crippen LogP contribution in [0.25, 0.3) is 0 Å². The number of carbonyl (C=O) groups is 1. The average molecular weight is 435 g/mol. The predicted molar refractivity (Wildman–Crippen MR) is 113 cm³/mol. The van der Waals surface area contributed by atoms with E-state index in [-0.39, 0.29) is 10.8 Å². The molecule has 5 nitrogen and oxygen atoms in total. The fourth-order valence-corrected chi connectivity index (χ4v) is 4.33. The Morgan fingerprint density at radius 3 is 2.54 bits per heavy atom. The molecule has 0 bridgehead atoms. The van der Waals surface area contributed by atoms with Crippen molar-refractivity contribution in [1.29, 1.82) is 0 Å². The van der Waals surface area contributed by atoms with Gasteiger partial charge in [0, 0.05) is 34.3 Å². The second kappa shape index (κ2) is 8.03. The third kappa shape index (κ3) is 4.79. The van der Waals surface area contributed by atoms with E-state index in [1.165, 1.54) is 23.5 Å². The van der Waals surface area contributed by atoms with E-state index in [0.717, 1.165) is 27.3 Å². The lowest BCUT2D eigenvalue weighted by Crippen LogP contribution is -2.14. The molecule has 0 aliphatic carbocycles. The summed E-state index contributed by atoms with van der Waals surface area (Å²) in [5.41, 5.74) is 3.09. The van der Waals surface area contributed by atoms with Gasteiger partial charge < -0.3 is 0 Å². The number of aryl methyl sites for hydroxylation is 2. The molecule has 146 valence electrons. The van der Waals surface area contributed by atoms with Gasteiger partial charge in [-0.2, -0.15) is 0 Å². The Morgan fingerprint density at radius 1 is 1.14 bits per heavy atom. The number of benzene rings is 2. The normalized spacial score (nSPS) is 11.4. The number of rotatable bonds is 5. The molecule has 1 heterocycles. The summed E-state index contributed by atoms with van der Waals surface area (Å²) in [7, 11) is -3.39. The van der Waals surface area contributed by atoms with Crippen LogP contribution in [0.3, 0.4) is 0 Å². The van der Waals surface area contributed by atoms with E-state index in [1.54, 1.807) is 19.2 Å². The van der Waals surface area contributed by atoms with Gasteiger partial charge in [-0.05, 0) is 48.7 Å². The molecule has 0 unspecified atom stereocenters. The molecule has 2 aromatic carbocycles. The van der Waals surface area contributed by atoms with Crippen molar-refractivity contribution < 1.29 is 13.2 Å². The topological polar surface area (TPSA) is 76.1 Å². The van der Waals surface area contributed by atoms with Crippen molar-refractivity contribution in [2.24, 2.45) is 0 Å². The number of halogens is 1. The van der Waals surface area contributed by atoms with Gasteiger partial charge in [-0.15, -0.1) is 11.3 Å². The van der Waals surface area contributed by atoms with Crippen LogP contribution >= 0.6 is 22.9 Å². The highest BCUT2D eigenvalue weighted by Crippen LogP contribution is 2.25. The molecule has 8 heteroatoms. The van der Waals surface area contributed by atoms with E-state index in [2.05, 4.69) is 10.3 Å². The Morgan fingerprint density at radius 2 is 1.86 bits per heavy atom. The summed E-state index contributed by atoms with van der Waals surface area (Å²) >= 11 is 7.54. The summed E-state index contributed by atoms with van der Waals surface area (Å²) in [6.07, 6.45) is 3.49. The molecule has 0 aliphatic rings. The van der Waals surface area contributed by atoms with Crippen LogP contribution in [0.15, 0.2) is 47.5 Å². The molecule has 3 rings (SSSR count). The van der Waals surface area contributed by atoms with Gasteiger partial charge >= 0.3 is 0 Å². The first-order chi connectivity index (χ1) is 13.1. The van der Waals surface area contributed by atoms with Gasteiger partial charge in [-0.3, -0.25) is 10.1 Å².